The van der Waals surface area contributed by atoms with E-state index in [2.05, 4.69) is 6.92 Å². The summed E-state index contributed by atoms with van der Waals surface area (Å²) in [5, 5.41) is 0. The molecule has 0 heterocycles. The lowest BCUT2D eigenvalue weighted by Gasteiger charge is -2.49. The molecule has 120 valence electrons. The van der Waals surface area contributed by atoms with Crippen molar-refractivity contribution in [1.29, 1.82) is 0 Å². The summed E-state index contributed by atoms with van der Waals surface area (Å²) in [5.74, 6) is 4.71. The number of rotatable bonds is 6. The van der Waals surface area contributed by atoms with E-state index in [9.17, 15) is 0 Å². The van der Waals surface area contributed by atoms with Crippen LogP contribution in [0, 0.1) is 23.7 Å². The lowest BCUT2D eigenvalue weighted by molar-refractivity contribution is 0.0198. The summed E-state index contributed by atoms with van der Waals surface area (Å²) in [6.07, 6.45) is 17.7. The van der Waals surface area contributed by atoms with E-state index in [1.165, 1.54) is 62.2 Å². The molecule has 0 aromatic heterocycles. The molecule has 0 radical (unpaired) electrons. The zero-order valence-electron chi connectivity index (χ0n) is 13.8. The highest BCUT2D eigenvalue weighted by Gasteiger charge is 2.41. The van der Waals surface area contributed by atoms with E-state index in [4.69, 9.17) is 5.73 Å². The molecule has 0 aliphatic heterocycles. The van der Waals surface area contributed by atoms with Gasteiger partial charge in [-0.05, 0) is 75.2 Å². The molecule has 0 spiro atoms. The highest BCUT2D eigenvalue weighted by Crippen LogP contribution is 2.53. The van der Waals surface area contributed by atoms with E-state index in [0.717, 1.165) is 6.54 Å². The Bertz CT molecular complexity index is 177. The monoisotopic (exact) mass is 282 g/mol. The molecule has 4 bridgehead atoms. The van der Waals surface area contributed by atoms with Gasteiger partial charge in [0.15, 0.2) is 0 Å². The topological polar surface area (TPSA) is 61.0 Å². The molecular formula is C18H38N2. The van der Waals surface area contributed by atoms with Crippen LogP contribution >= 0.6 is 0 Å². The molecule has 4 aliphatic carbocycles. The first-order valence-electron chi connectivity index (χ1n) is 9.01. The molecule has 0 aromatic carbocycles. The zero-order chi connectivity index (χ0) is 13.5. The van der Waals surface area contributed by atoms with Crippen LogP contribution in [0.2, 0.25) is 0 Å². The Hall–Kier alpha value is -0.0800. The predicted octanol–water partition coefficient (Wildman–Crippen LogP) is 5.30. The Kier molecular flexibility index (Phi) is 8.79. The van der Waals surface area contributed by atoms with Gasteiger partial charge in [-0.3, -0.25) is 0 Å². The van der Waals surface area contributed by atoms with Crippen LogP contribution in [0.1, 0.15) is 84.0 Å². The fourth-order valence-electron chi connectivity index (χ4n) is 4.91. The number of unbranched alkanes of at least 4 members (excludes halogenated alkanes) is 5. The van der Waals surface area contributed by atoms with Crippen molar-refractivity contribution in [2.45, 2.75) is 84.0 Å². The van der Waals surface area contributed by atoms with Gasteiger partial charge in [0.05, 0.1) is 0 Å². The lowest BCUT2D eigenvalue weighted by Crippen LogP contribution is -2.38. The second kappa shape index (κ2) is 9.78. The molecule has 0 atom stereocenters. The molecule has 2 heteroatoms. The quantitative estimate of drug-likeness (QED) is 0.649. The molecule has 4 rings (SSSR count). The van der Waals surface area contributed by atoms with Crippen LogP contribution in [0.4, 0.5) is 0 Å². The highest BCUT2D eigenvalue weighted by molar-refractivity contribution is 4.92. The molecule has 4 fully saturated rings. The number of nitrogens with two attached hydrogens (primary N) is 1. The zero-order valence-corrected chi connectivity index (χ0v) is 13.8. The second-order valence-electron chi connectivity index (χ2n) is 7.43. The maximum atomic E-state index is 5.34. The van der Waals surface area contributed by atoms with Crippen molar-refractivity contribution in [2.24, 2.45) is 29.4 Å². The SMILES string of the molecule is C1C2CC3CC1CC(C2)C3.CCCCCCCCN.N. The summed E-state index contributed by atoms with van der Waals surface area (Å²) in [6, 6.07) is 0. The van der Waals surface area contributed by atoms with E-state index in [0.29, 0.717) is 0 Å². The summed E-state index contributed by atoms with van der Waals surface area (Å²) in [4.78, 5) is 0. The van der Waals surface area contributed by atoms with Crippen LogP contribution in [0.3, 0.4) is 0 Å². The Morgan fingerprint density at radius 1 is 0.650 bits per heavy atom. The molecule has 0 amide bonds. The Morgan fingerprint density at radius 2 is 1.00 bits per heavy atom. The van der Waals surface area contributed by atoms with Crippen molar-refractivity contribution < 1.29 is 0 Å². The molecule has 20 heavy (non-hydrogen) atoms. The normalized spacial score (nSPS) is 33.3. The summed E-state index contributed by atoms with van der Waals surface area (Å²) in [7, 11) is 0. The van der Waals surface area contributed by atoms with E-state index >= 15 is 0 Å². The average Bonchev–Trinajstić information content (AvgIpc) is 2.38. The first kappa shape index (κ1) is 18.0. The molecule has 4 saturated carbocycles. The van der Waals surface area contributed by atoms with Gasteiger partial charge in [0.25, 0.3) is 0 Å². The first-order chi connectivity index (χ1) is 9.31. The fraction of sp³-hybridized carbons (Fsp3) is 1.00. The van der Waals surface area contributed by atoms with Crippen molar-refractivity contribution in [1.82, 2.24) is 6.15 Å². The minimum Gasteiger partial charge on any atom is -0.344 e. The van der Waals surface area contributed by atoms with Crippen LogP contribution < -0.4 is 11.9 Å². The van der Waals surface area contributed by atoms with Gasteiger partial charge in [0, 0.05) is 0 Å². The Balaban J connectivity index is 0.000000193. The third kappa shape index (κ3) is 5.73. The van der Waals surface area contributed by atoms with Gasteiger partial charge < -0.3 is 11.9 Å². The maximum absolute atomic E-state index is 5.34. The average molecular weight is 283 g/mol. The number of hydrogen-bond donors (Lipinski definition) is 2. The van der Waals surface area contributed by atoms with Gasteiger partial charge in [0.2, 0.25) is 0 Å². The van der Waals surface area contributed by atoms with Crippen LogP contribution in [0.5, 0.6) is 0 Å². The molecule has 0 aromatic rings. The van der Waals surface area contributed by atoms with Crippen molar-refractivity contribution in [3.05, 3.63) is 0 Å². The summed E-state index contributed by atoms with van der Waals surface area (Å²) < 4.78 is 0. The smallest absolute Gasteiger partial charge is 0.00773 e. The molecule has 5 N–H and O–H groups in total. The van der Waals surface area contributed by atoms with Gasteiger partial charge in [-0.2, -0.15) is 0 Å². The third-order valence-electron chi connectivity index (χ3n) is 5.56. The standard InChI is InChI=1S/C10H16.C8H19N.H3N/c1-7-2-9-4-8(1)5-10(3-7)6-9;1-2-3-4-5-6-7-8-9;/h7-10H,1-6H2;2-9H2,1H3;1H3. The van der Waals surface area contributed by atoms with Gasteiger partial charge in [-0.1, -0.05) is 39.0 Å². The second-order valence-corrected chi connectivity index (χ2v) is 7.43. The van der Waals surface area contributed by atoms with Gasteiger partial charge in [-0.15, -0.1) is 0 Å². The predicted molar refractivity (Wildman–Crippen MR) is 89.1 cm³/mol. The fourth-order valence-corrected chi connectivity index (χ4v) is 4.91. The molecular weight excluding hydrogens is 244 g/mol. The largest absolute Gasteiger partial charge is 0.344 e. The van der Waals surface area contributed by atoms with Gasteiger partial charge in [-0.25, -0.2) is 0 Å². The first-order valence-corrected chi connectivity index (χ1v) is 9.01. The van der Waals surface area contributed by atoms with Gasteiger partial charge >= 0.3 is 0 Å². The van der Waals surface area contributed by atoms with Crippen molar-refractivity contribution in [2.75, 3.05) is 6.54 Å². The van der Waals surface area contributed by atoms with Crippen LogP contribution in [0.25, 0.3) is 0 Å². The van der Waals surface area contributed by atoms with Crippen LogP contribution in [-0.2, 0) is 0 Å². The van der Waals surface area contributed by atoms with Crippen LogP contribution in [-0.4, -0.2) is 6.54 Å². The lowest BCUT2D eigenvalue weighted by atomic mass is 9.56. The third-order valence-corrected chi connectivity index (χ3v) is 5.56. The Morgan fingerprint density at radius 3 is 1.35 bits per heavy atom. The minimum atomic E-state index is 0. The summed E-state index contributed by atoms with van der Waals surface area (Å²) in [6.45, 7) is 3.11. The Labute approximate surface area is 126 Å². The summed E-state index contributed by atoms with van der Waals surface area (Å²) in [5.41, 5.74) is 5.34. The van der Waals surface area contributed by atoms with Gasteiger partial charge in [0.1, 0.15) is 0 Å². The van der Waals surface area contributed by atoms with E-state index in [1.807, 2.05) is 0 Å². The molecule has 4 aliphatic rings. The van der Waals surface area contributed by atoms with Crippen LogP contribution in [0.15, 0.2) is 0 Å². The van der Waals surface area contributed by atoms with Crippen molar-refractivity contribution >= 4 is 0 Å². The van der Waals surface area contributed by atoms with Crippen molar-refractivity contribution in [3.8, 4) is 0 Å². The maximum Gasteiger partial charge on any atom is -0.00773 e. The van der Waals surface area contributed by atoms with E-state index in [1.54, 1.807) is 38.5 Å². The molecule has 0 saturated heterocycles. The van der Waals surface area contributed by atoms with E-state index < -0.39 is 0 Å². The molecule has 0 unspecified atom stereocenters. The summed E-state index contributed by atoms with van der Waals surface area (Å²) >= 11 is 0. The van der Waals surface area contributed by atoms with E-state index in [-0.39, 0.29) is 6.15 Å². The number of hydrogen-bond acceptors (Lipinski definition) is 2. The minimum absolute atomic E-state index is 0. The van der Waals surface area contributed by atoms with Crippen molar-refractivity contribution in [3.63, 3.8) is 0 Å². The molecule has 2 nitrogen and oxygen atoms in total. The highest BCUT2D eigenvalue weighted by atomic mass is 14.5.